The zero-order chi connectivity index (χ0) is 12.1. The summed E-state index contributed by atoms with van der Waals surface area (Å²) in [5.41, 5.74) is 2.91. The van der Waals surface area contributed by atoms with E-state index in [4.69, 9.17) is 0 Å². The molecular weight excluding hydrogens is 214 g/mol. The third-order valence-electron chi connectivity index (χ3n) is 3.34. The fourth-order valence-corrected chi connectivity index (χ4v) is 2.35. The second-order valence-electron chi connectivity index (χ2n) is 4.49. The van der Waals surface area contributed by atoms with Crippen molar-refractivity contribution < 1.29 is 9.53 Å². The lowest BCUT2D eigenvalue weighted by atomic mass is 9.88. The number of nitrogens with one attached hydrogen (secondary N) is 1. The number of rotatable bonds is 4. The lowest BCUT2D eigenvalue weighted by molar-refractivity contribution is -0.140. The summed E-state index contributed by atoms with van der Waals surface area (Å²) in [6.07, 6.45) is 3.80. The molecule has 0 amide bonds. The quantitative estimate of drug-likeness (QED) is 0.804. The van der Waals surface area contributed by atoms with Crippen LogP contribution in [-0.2, 0) is 22.4 Å². The zero-order valence-corrected chi connectivity index (χ0v) is 10.2. The third-order valence-corrected chi connectivity index (χ3v) is 3.34. The highest BCUT2D eigenvalue weighted by atomic mass is 16.5. The van der Waals surface area contributed by atoms with Gasteiger partial charge in [0, 0.05) is 12.6 Å². The van der Waals surface area contributed by atoms with Crippen molar-refractivity contribution in [1.29, 1.82) is 0 Å². The maximum atomic E-state index is 11.0. The largest absolute Gasteiger partial charge is 0.469 e. The highest BCUT2D eigenvalue weighted by molar-refractivity contribution is 5.69. The Morgan fingerprint density at radius 1 is 1.41 bits per heavy atom. The van der Waals surface area contributed by atoms with Crippen LogP contribution in [0.25, 0.3) is 0 Å². The molecular formula is C14H19NO2. The molecule has 3 heteroatoms. The van der Waals surface area contributed by atoms with Crippen LogP contribution in [0.5, 0.6) is 0 Å². The van der Waals surface area contributed by atoms with E-state index in [0.29, 0.717) is 19.0 Å². The number of esters is 1. The minimum atomic E-state index is -0.145. The molecule has 1 N–H and O–H groups in total. The van der Waals surface area contributed by atoms with Gasteiger partial charge in [-0.15, -0.1) is 0 Å². The number of hydrogen-bond donors (Lipinski definition) is 1. The summed E-state index contributed by atoms with van der Waals surface area (Å²) in [4.78, 5) is 11.0. The minimum absolute atomic E-state index is 0.145. The maximum Gasteiger partial charge on any atom is 0.306 e. The first-order valence-electron chi connectivity index (χ1n) is 6.16. The lowest BCUT2D eigenvalue weighted by Gasteiger charge is -2.25. The number of methoxy groups -OCH3 is 1. The standard InChI is InChI=1S/C14H19NO2/c1-17-14(16)8-9-15-13-7-6-11-4-2-3-5-12(11)10-13/h2-5,13,15H,6-10H2,1H3. The van der Waals surface area contributed by atoms with Crippen molar-refractivity contribution in [1.82, 2.24) is 5.32 Å². The summed E-state index contributed by atoms with van der Waals surface area (Å²) in [5, 5.41) is 3.43. The number of hydrogen-bond acceptors (Lipinski definition) is 3. The molecule has 0 aromatic heterocycles. The van der Waals surface area contributed by atoms with Gasteiger partial charge in [0.25, 0.3) is 0 Å². The van der Waals surface area contributed by atoms with Gasteiger partial charge in [-0.25, -0.2) is 0 Å². The second kappa shape index (κ2) is 5.82. The van der Waals surface area contributed by atoms with Crippen LogP contribution >= 0.6 is 0 Å². The molecule has 1 aliphatic rings. The maximum absolute atomic E-state index is 11.0. The van der Waals surface area contributed by atoms with E-state index in [0.717, 1.165) is 19.3 Å². The minimum Gasteiger partial charge on any atom is -0.469 e. The average molecular weight is 233 g/mol. The molecule has 0 spiro atoms. The Kier molecular flexibility index (Phi) is 4.15. The molecule has 0 bridgehead atoms. The summed E-state index contributed by atoms with van der Waals surface area (Å²) in [6.45, 7) is 0.708. The first-order valence-corrected chi connectivity index (χ1v) is 6.16. The van der Waals surface area contributed by atoms with Crippen LogP contribution in [0, 0.1) is 0 Å². The van der Waals surface area contributed by atoms with Crippen molar-refractivity contribution in [2.75, 3.05) is 13.7 Å². The fraction of sp³-hybridized carbons (Fsp3) is 0.500. The summed E-state index contributed by atoms with van der Waals surface area (Å²) < 4.78 is 4.62. The van der Waals surface area contributed by atoms with Crippen LogP contribution in [0.1, 0.15) is 24.0 Å². The van der Waals surface area contributed by atoms with Gasteiger partial charge in [-0.2, -0.15) is 0 Å². The Bertz CT molecular complexity index is 390. The van der Waals surface area contributed by atoms with Crippen molar-refractivity contribution in [2.24, 2.45) is 0 Å². The van der Waals surface area contributed by atoms with E-state index in [2.05, 4.69) is 34.3 Å². The predicted octanol–water partition coefficient (Wildman–Crippen LogP) is 1.70. The van der Waals surface area contributed by atoms with E-state index < -0.39 is 0 Å². The van der Waals surface area contributed by atoms with Crippen molar-refractivity contribution in [3.8, 4) is 0 Å². The van der Waals surface area contributed by atoms with E-state index in [9.17, 15) is 4.79 Å². The molecule has 0 heterocycles. The van der Waals surface area contributed by atoms with Crippen LogP contribution in [0.2, 0.25) is 0 Å². The molecule has 92 valence electrons. The Balaban J connectivity index is 1.80. The molecule has 1 aromatic carbocycles. The van der Waals surface area contributed by atoms with Crippen molar-refractivity contribution in [2.45, 2.75) is 31.7 Å². The zero-order valence-electron chi connectivity index (χ0n) is 10.2. The highest BCUT2D eigenvalue weighted by Gasteiger charge is 2.17. The number of ether oxygens (including phenoxy) is 1. The number of fused-ring (bicyclic) bond motifs is 1. The van der Waals surface area contributed by atoms with E-state index in [1.165, 1.54) is 18.2 Å². The first-order chi connectivity index (χ1) is 8.29. The van der Waals surface area contributed by atoms with Crippen molar-refractivity contribution in [3.63, 3.8) is 0 Å². The summed E-state index contributed by atoms with van der Waals surface area (Å²) in [7, 11) is 1.43. The van der Waals surface area contributed by atoms with E-state index in [1.807, 2.05) is 0 Å². The molecule has 1 unspecified atom stereocenters. The highest BCUT2D eigenvalue weighted by Crippen LogP contribution is 2.20. The summed E-state index contributed by atoms with van der Waals surface area (Å²) in [6, 6.07) is 9.10. The molecule has 0 radical (unpaired) electrons. The Morgan fingerprint density at radius 2 is 2.18 bits per heavy atom. The predicted molar refractivity (Wildman–Crippen MR) is 66.9 cm³/mol. The number of carbonyl (C=O) groups excluding carboxylic acids is 1. The van der Waals surface area contributed by atoms with Crippen LogP contribution in [0.4, 0.5) is 0 Å². The lowest BCUT2D eigenvalue weighted by Crippen LogP contribution is -2.35. The second-order valence-corrected chi connectivity index (χ2v) is 4.49. The van der Waals surface area contributed by atoms with Crippen LogP contribution in [-0.4, -0.2) is 25.7 Å². The van der Waals surface area contributed by atoms with Gasteiger partial charge in [0.1, 0.15) is 0 Å². The van der Waals surface area contributed by atoms with E-state index in [-0.39, 0.29) is 5.97 Å². The molecule has 0 fully saturated rings. The van der Waals surface area contributed by atoms with E-state index in [1.54, 1.807) is 0 Å². The molecule has 3 nitrogen and oxygen atoms in total. The van der Waals surface area contributed by atoms with Gasteiger partial charge in [-0.3, -0.25) is 4.79 Å². The topological polar surface area (TPSA) is 38.3 Å². The van der Waals surface area contributed by atoms with Gasteiger partial charge in [-0.05, 0) is 30.4 Å². The Hall–Kier alpha value is -1.35. The SMILES string of the molecule is COC(=O)CCNC1CCc2ccccc2C1. The first kappa shape index (κ1) is 12.1. The van der Waals surface area contributed by atoms with Gasteiger partial charge in [0.15, 0.2) is 0 Å². The van der Waals surface area contributed by atoms with Crippen LogP contribution in [0.3, 0.4) is 0 Å². The molecule has 2 rings (SSSR count). The molecule has 0 saturated heterocycles. The van der Waals surface area contributed by atoms with Crippen molar-refractivity contribution >= 4 is 5.97 Å². The summed E-state index contributed by atoms with van der Waals surface area (Å²) in [5.74, 6) is -0.145. The van der Waals surface area contributed by atoms with E-state index >= 15 is 0 Å². The number of carbonyl (C=O) groups is 1. The fourth-order valence-electron chi connectivity index (χ4n) is 2.35. The van der Waals surface area contributed by atoms with Crippen molar-refractivity contribution in [3.05, 3.63) is 35.4 Å². The molecule has 0 aliphatic heterocycles. The molecule has 1 atom stereocenters. The Labute approximate surface area is 102 Å². The van der Waals surface area contributed by atoms with Crippen LogP contribution in [0.15, 0.2) is 24.3 Å². The van der Waals surface area contributed by atoms with Gasteiger partial charge in [0.05, 0.1) is 13.5 Å². The average Bonchev–Trinajstić information content (AvgIpc) is 2.38. The summed E-state index contributed by atoms with van der Waals surface area (Å²) >= 11 is 0. The number of benzene rings is 1. The van der Waals surface area contributed by atoms with Crippen LogP contribution < -0.4 is 5.32 Å². The molecule has 0 saturated carbocycles. The van der Waals surface area contributed by atoms with Gasteiger partial charge < -0.3 is 10.1 Å². The molecule has 17 heavy (non-hydrogen) atoms. The Morgan fingerprint density at radius 3 is 2.94 bits per heavy atom. The van der Waals surface area contributed by atoms with Gasteiger partial charge in [-0.1, -0.05) is 24.3 Å². The molecule has 1 aromatic rings. The monoisotopic (exact) mass is 233 g/mol. The third kappa shape index (κ3) is 3.30. The number of aryl methyl sites for hydroxylation is 1. The molecule has 1 aliphatic carbocycles. The van der Waals surface area contributed by atoms with Gasteiger partial charge in [0.2, 0.25) is 0 Å². The smallest absolute Gasteiger partial charge is 0.306 e. The normalized spacial score (nSPS) is 18.5. The van der Waals surface area contributed by atoms with Gasteiger partial charge >= 0.3 is 5.97 Å².